The summed E-state index contributed by atoms with van der Waals surface area (Å²) in [5, 5.41) is 16.8. The first-order valence-electron chi connectivity index (χ1n) is 6.94. The Hall–Kier alpha value is -1.08. The van der Waals surface area contributed by atoms with Gasteiger partial charge in [-0.25, -0.2) is 9.59 Å². The molecule has 1 aromatic rings. The summed E-state index contributed by atoms with van der Waals surface area (Å²) in [6.45, 7) is 2.50. The smallest absolute Gasteiger partial charge is 0.329 e. The predicted molar refractivity (Wildman–Crippen MR) is 85.4 cm³/mol. The molecule has 0 aliphatic heterocycles. The molecule has 0 unspecified atom stereocenters. The quantitative estimate of drug-likeness (QED) is 0.755. The average Bonchev–Trinajstić information content (AvgIpc) is 2.84. The van der Waals surface area contributed by atoms with Crippen molar-refractivity contribution in [1.82, 2.24) is 10.6 Å². The van der Waals surface area contributed by atoms with E-state index >= 15 is 0 Å². The topological polar surface area (TPSA) is 78.4 Å². The summed E-state index contributed by atoms with van der Waals surface area (Å²) in [5.41, 5.74) is -1.12. The number of urea groups is 1. The Morgan fingerprint density at radius 3 is 2.67 bits per heavy atom. The molecule has 1 saturated carbocycles. The summed E-state index contributed by atoms with van der Waals surface area (Å²) in [5.74, 6) is -0.425. The van der Waals surface area contributed by atoms with Crippen LogP contribution in [0.4, 0.5) is 4.79 Å². The Labute approximate surface area is 136 Å². The maximum Gasteiger partial charge on any atom is 0.329 e. The third kappa shape index (κ3) is 3.97. The second kappa shape index (κ2) is 6.79. The number of halogens is 1. The van der Waals surface area contributed by atoms with E-state index in [-0.39, 0.29) is 0 Å². The molecule has 2 rings (SSSR count). The Balaban J connectivity index is 1.93. The van der Waals surface area contributed by atoms with Crippen molar-refractivity contribution >= 4 is 39.3 Å². The van der Waals surface area contributed by atoms with Gasteiger partial charge in [0.2, 0.25) is 0 Å². The van der Waals surface area contributed by atoms with Gasteiger partial charge < -0.3 is 15.7 Å². The molecule has 116 valence electrons. The van der Waals surface area contributed by atoms with Crippen LogP contribution in [0.5, 0.6) is 0 Å². The van der Waals surface area contributed by atoms with Crippen LogP contribution in [0.1, 0.15) is 37.5 Å². The van der Waals surface area contributed by atoms with Gasteiger partial charge in [0.15, 0.2) is 0 Å². The number of carboxylic acids is 1. The van der Waals surface area contributed by atoms with Crippen molar-refractivity contribution in [3.8, 4) is 0 Å². The van der Waals surface area contributed by atoms with Gasteiger partial charge in [-0.05, 0) is 59.0 Å². The molecule has 5 nitrogen and oxygen atoms in total. The van der Waals surface area contributed by atoms with Gasteiger partial charge in [-0.1, -0.05) is 6.92 Å². The molecule has 1 aliphatic carbocycles. The van der Waals surface area contributed by atoms with Gasteiger partial charge in [0.1, 0.15) is 5.54 Å². The molecule has 3 N–H and O–H groups in total. The lowest BCUT2D eigenvalue weighted by atomic mass is 9.77. The van der Waals surface area contributed by atoms with Gasteiger partial charge >= 0.3 is 12.0 Å². The highest BCUT2D eigenvalue weighted by molar-refractivity contribution is 9.10. The lowest BCUT2D eigenvalue weighted by Crippen LogP contribution is -2.58. The van der Waals surface area contributed by atoms with Crippen molar-refractivity contribution in [2.75, 3.05) is 0 Å². The van der Waals surface area contributed by atoms with Gasteiger partial charge in [0.05, 0.1) is 6.54 Å². The van der Waals surface area contributed by atoms with E-state index in [0.717, 1.165) is 22.2 Å². The molecule has 1 fully saturated rings. The van der Waals surface area contributed by atoms with Gasteiger partial charge in [-0.2, -0.15) is 0 Å². The largest absolute Gasteiger partial charge is 0.480 e. The van der Waals surface area contributed by atoms with E-state index < -0.39 is 17.5 Å². The molecular weight excluding hydrogens is 356 g/mol. The van der Waals surface area contributed by atoms with Crippen molar-refractivity contribution in [3.05, 3.63) is 20.8 Å². The van der Waals surface area contributed by atoms with Crippen LogP contribution in [0.15, 0.2) is 15.9 Å². The maximum atomic E-state index is 12.0. The van der Waals surface area contributed by atoms with E-state index in [9.17, 15) is 14.7 Å². The summed E-state index contributed by atoms with van der Waals surface area (Å²) in [6.07, 6.45) is 2.62. The van der Waals surface area contributed by atoms with Gasteiger partial charge in [0, 0.05) is 9.35 Å². The maximum absolute atomic E-state index is 12.0. The Morgan fingerprint density at radius 2 is 2.14 bits per heavy atom. The number of amides is 2. The summed E-state index contributed by atoms with van der Waals surface area (Å²) < 4.78 is 0.951. The van der Waals surface area contributed by atoms with E-state index in [0.29, 0.717) is 25.3 Å². The lowest BCUT2D eigenvalue weighted by Gasteiger charge is -2.36. The Morgan fingerprint density at radius 1 is 1.48 bits per heavy atom. The molecule has 0 saturated heterocycles. The van der Waals surface area contributed by atoms with Crippen LogP contribution < -0.4 is 10.6 Å². The molecule has 0 aromatic carbocycles. The van der Waals surface area contributed by atoms with Crippen LogP contribution in [0.2, 0.25) is 0 Å². The van der Waals surface area contributed by atoms with Crippen LogP contribution in [0, 0.1) is 5.92 Å². The first-order chi connectivity index (χ1) is 9.93. The fraction of sp³-hybridized carbons (Fsp3) is 0.571. The van der Waals surface area contributed by atoms with Crippen molar-refractivity contribution in [1.29, 1.82) is 0 Å². The number of nitrogens with one attached hydrogen (secondary N) is 2. The van der Waals surface area contributed by atoms with Crippen molar-refractivity contribution in [3.63, 3.8) is 0 Å². The standard InChI is InChI=1S/C14H19BrN2O3S/c1-9-2-5-14(6-3-9,12(18)19)17-13(20)16-8-11-10(15)4-7-21-11/h4,7,9H,2-3,5-6,8H2,1H3,(H,18,19)(H2,16,17,20). The molecule has 1 heterocycles. The first kappa shape index (κ1) is 16.3. The highest BCUT2D eigenvalue weighted by atomic mass is 79.9. The average molecular weight is 375 g/mol. The fourth-order valence-electron chi connectivity index (χ4n) is 2.52. The molecular formula is C14H19BrN2O3S. The molecule has 0 spiro atoms. The second-order valence-corrected chi connectivity index (χ2v) is 7.42. The zero-order valence-electron chi connectivity index (χ0n) is 11.8. The molecule has 0 radical (unpaired) electrons. The number of carbonyl (C=O) groups is 2. The van der Waals surface area contributed by atoms with Crippen molar-refractivity contribution in [2.45, 2.75) is 44.7 Å². The van der Waals surface area contributed by atoms with Crippen molar-refractivity contribution in [2.24, 2.45) is 5.92 Å². The number of rotatable bonds is 4. The minimum atomic E-state index is -1.12. The highest BCUT2D eigenvalue weighted by Crippen LogP contribution is 2.32. The fourth-order valence-corrected chi connectivity index (χ4v) is 3.95. The van der Waals surface area contributed by atoms with E-state index in [4.69, 9.17) is 0 Å². The van der Waals surface area contributed by atoms with Gasteiger partial charge in [-0.15, -0.1) is 11.3 Å². The Kier molecular flexibility index (Phi) is 5.27. The van der Waals surface area contributed by atoms with Gasteiger partial charge in [-0.3, -0.25) is 0 Å². The third-order valence-corrected chi connectivity index (χ3v) is 5.92. The van der Waals surface area contributed by atoms with Crippen LogP contribution in [0.25, 0.3) is 0 Å². The van der Waals surface area contributed by atoms with Crippen LogP contribution in [-0.2, 0) is 11.3 Å². The number of hydrogen-bond acceptors (Lipinski definition) is 3. The van der Waals surface area contributed by atoms with E-state index in [2.05, 4.69) is 33.5 Å². The number of carboxylic acid groups (broad SMARTS) is 1. The normalized spacial score (nSPS) is 25.3. The number of hydrogen-bond donors (Lipinski definition) is 3. The molecule has 2 amide bonds. The number of carbonyl (C=O) groups excluding carboxylic acids is 1. The summed E-state index contributed by atoms with van der Waals surface area (Å²) in [6, 6.07) is 1.49. The first-order valence-corrected chi connectivity index (χ1v) is 8.61. The zero-order valence-corrected chi connectivity index (χ0v) is 14.2. The number of thiophene rings is 1. The summed E-state index contributed by atoms with van der Waals surface area (Å²) in [4.78, 5) is 24.6. The minimum Gasteiger partial charge on any atom is -0.480 e. The second-order valence-electron chi connectivity index (χ2n) is 5.57. The Bertz CT molecular complexity index is 524. The zero-order chi connectivity index (χ0) is 15.5. The predicted octanol–water partition coefficient (Wildman–Crippen LogP) is 3.34. The molecule has 21 heavy (non-hydrogen) atoms. The van der Waals surface area contributed by atoms with E-state index in [1.807, 2.05) is 11.4 Å². The molecule has 0 atom stereocenters. The molecule has 7 heteroatoms. The lowest BCUT2D eigenvalue weighted by molar-refractivity contribution is -0.146. The third-order valence-electron chi connectivity index (χ3n) is 3.99. The SMILES string of the molecule is CC1CCC(NC(=O)NCc2sccc2Br)(C(=O)O)CC1. The minimum absolute atomic E-state index is 0.385. The molecule has 1 aromatic heterocycles. The summed E-state index contributed by atoms with van der Waals surface area (Å²) >= 11 is 4.94. The summed E-state index contributed by atoms with van der Waals surface area (Å²) in [7, 11) is 0. The molecule has 1 aliphatic rings. The van der Waals surface area contributed by atoms with Crippen molar-refractivity contribution < 1.29 is 14.7 Å². The van der Waals surface area contributed by atoms with Crippen LogP contribution in [0.3, 0.4) is 0 Å². The van der Waals surface area contributed by atoms with Crippen LogP contribution >= 0.6 is 27.3 Å². The molecule has 0 bridgehead atoms. The monoisotopic (exact) mass is 374 g/mol. The highest BCUT2D eigenvalue weighted by Gasteiger charge is 2.42. The van der Waals surface area contributed by atoms with Crippen LogP contribution in [-0.4, -0.2) is 22.6 Å². The van der Waals surface area contributed by atoms with Gasteiger partial charge in [0.25, 0.3) is 0 Å². The number of aliphatic carboxylic acids is 1. The van der Waals surface area contributed by atoms with E-state index in [1.54, 1.807) is 0 Å². The van der Waals surface area contributed by atoms with E-state index in [1.165, 1.54) is 11.3 Å².